The number of aromatic nitrogens is 6. The predicted octanol–water partition coefficient (Wildman–Crippen LogP) is 2.60. The van der Waals surface area contributed by atoms with Gasteiger partial charge in [-0.1, -0.05) is 0 Å². The summed E-state index contributed by atoms with van der Waals surface area (Å²) in [7, 11) is 16.7. The van der Waals surface area contributed by atoms with Crippen LogP contribution in [0.15, 0.2) is 0 Å². The first-order chi connectivity index (χ1) is 17.8. The number of rotatable bonds is 8. The summed E-state index contributed by atoms with van der Waals surface area (Å²) in [5.74, 6) is 3.75. The maximum absolute atomic E-state index is 9.44. The molecule has 0 unspecified atom stereocenters. The van der Waals surface area contributed by atoms with Crippen molar-refractivity contribution in [3.63, 3.8) is 0 Å². The third kappa shape index (κ3) is 12.9. The summed E-state index contributed by atoms with van der Waals surface area (Å²) in [4.78, 5) is 43.2. The number of anilines is 6. The molecule has 0 aromatic carbocycles. The van der Waals surface area contributed by atoms with E-state index in [9.17, 15) is 4.79 Å². The van der Waals surface area contributed by atoms with Crippen molar-refractivity contribution in [1.82, 2.24) is 29.9 Å². The Morgan fingerprint density at radius 3 is 1.27 bits per heavy atom. The maximum atomic E-state index is 9.44. The second kappa shape index (κ2) is 17.0. The van der Waals surface area contributed by atoms with Crippen LogP contribution in [-0.2, 0) is 28.1 Å². The predicted molar refractivity (Wildman–Crippen MR) is 161 cm³/mol. The van der Waals surface area contributed by atoms with E-state index in [0.29, 0.717) is 35.7 Å². The first-order valence-corrected chi connectivity index (χ1v) is 12.5. The zero-order chi connectivity index (χ0) is 30.7. The second-order valence-corrected chi connectivity index (χ2v) is 10.7. The molecule has 40 heavy (non-hydrogen) atoms. The summed E-state index contributed by atoms with van der Waals surface area (Å²) in [5, 5.41) is 5.74. The summed E-state index contributed by atoms with van der Waals surface area (Å²) >= 11 is 0. The number of nitrogens with zero attached hydrogens (tertiary/aromatic N) is 10. The molecule has 0 atom stereocenters. The van der Waals surface area contributed by atoms with Gasteiger partial charge in [-0.3, -0.25) is 0 Å². The largest absolute Gasteiger partial charge is 0.359 e. The minimum Gasteiger partial charge on any atom is -0.359 e. The summed E-state index contributed by atoms with van der Waals surface area (Å²) in [6, 6.07) is 0. The van der Waals surface area contributed by atoms with Crippen LogP contribution in [0.2, 0.25) is 0 Å². The van der Waals surface area contributed by atoms with E-state index in [2.05, 4.69) is 61.3 Å². The van der Waals surface area contributed by atoms with Crippen LogP contribution >= 0.6 is 0 Å². The van der Waals surface area contributed by atoms with E-state index < -0.39 is 5.72 Å². The van der Waals surface area contributed by atoms with Crippen LogP contribution in [-0.4, -0.2) is 110 Å². The van der Waals surface area contributed by atoms with Crippen LogP contribution in [0.3, 0.4) is 0 Å². The molecule has 2 heterocycles. The molecule has 0 aliphatic rings. The molecule has 1 radical (unpaired) electrons. The zero-order valence-electron chi connectivity index (χ0n) is 27.2. The standard InChI is InChI=1S/C15H30N6O.C7H14N6.C3H6O.V/c1-14(2,3)20(8)12-16-11(19(6)7)17-13(18-12)21(9)15(4,5)22-10;1-8-5-10-6(9-2)12-7(11-5)13(3)4;1-3(2)4;/h1-10H3;1-4H3,(H2,8,9,10,11,12);1-2H3;. The van der Waals surface area contributed by atoms with Gasteiger partial charge in [0.15, 0.2) is 0 Å². The summed E-state index contributed by atoms with van der Waals surface area (Å²) in [5.41, 5.74) is -0.597. The quantitative estimate of drug-likeness (QED) is 0.428. The van der Waals surface area contributed by atoms with Gasteiger partial charge in [-0.05, 0) is 48.5 Å². The number of ether oxygens (including phenoxy) is 1. The summed E-state index contributed by atoms with van der Waals surface area (Å²) in [6.07, 6.45) is 0. The smallest absolute Gasteiger partial charge is 0.233 e. The molecule has 0 amide bonds. The summed E-state index contributed by atoms with van der Waals surface area (Å²) in [6.45, 7) is 13.4. The van der Waals surface area contributed by atoms with Gasteiger partial charge < -0.3 is 39.8 Å². The third-order valence-electron chi connectivity index (χ3n) is 5.38. The van der Waals surface area contributed by atoms with Crippen LogP contribution in [0.1, 0.15) is 48.5 Å². The van der Waals surface area contributed by atoms with E-state index in [-0.39, 0.29) is 29.9 Å². The van der Waals surface area contributed by atoms with Crippen LogP contribution in [0.5, 0.6) is 0 Å². The van der Waals surface area contributed by atoms with Gasteiger partial charge in [0.1, 0.15) is 11.5 Å². The Morgan fingerprint density at radius 1 is 0.650 bits per heavy atom. The van der Waals surface area contributed by atoms with Crippen LogP contribution < -0.4 is 30.2 Å². The molecule has 2 aromatic rings. The minimum atomic E-state index is -0.511. The van der Waals surface area contributed by atoms with E-state index in [1.54, 1.807) is 21.2 Å². The van der Waals surface area contributed by atoms with E-state index in [1.165, 1.54) is 13.8 Å². The summed E-state index contributed by atoms with van der Waals surface area (Å²) < 4.78 is 5.52. The van der Waals surface area contributed by atoms with Gasteiger partial charge in [0.2, 0.25) is 35.7 Å². The fourth-order valence-electron chi connectivity index (χ4n) is 2.31. The number of ketones is 1. The van der Waals surface area contributed by atoms with Gasteiger partial charge in [0.05, 0.1) is 0 Å². The average Bonchev–Trinajstić information content (AvgIpc) is 2.86. The fourth-order valence-corrected chi connectivity index (χ4v) is 2.31. The molecular weight excluding hydrogens is 551 g/mol. The molecule has 0 aliphatic heterocycles. The van der Waals surface area contributed by atoms with Crippen molar-refractivity contribution in [3.8, 4) is 0 Å². The van der Waals surface area contributed by atoms with Crippen molar-refractivity contribution in [2.45, 2.75) is 59.7 Å². The maximum Gasteiger partial charge on any atom is 0.233 e. The molecule has 14 nitrogen and oxygen atoms in total. The van der Waals surface area contributed by atoms with Crippen molar-refractivity contribution in [1.29, 1.82) is 0 Å². The molecule has 2 aromatic heterocycles. The number of hydrogen-bond donors (Lipinski definition) is 2. The molecule has 15 heteroatoms. The Kier molecular flexibility index (Phi) is 16.6. The Labute approximate surface area is 252 Å². The fraction of sp³-hybridized carbons (Fsp3) is 0.720. The van der Waals surface area contributed by atoms with E-state index in [0.717, 1.165) is 0 Å². The Balaban J connectivity index is 0. The van der Waals surface area contributed by atoms with Crippen molar-refractivity contribution >= 4 is 41.5 Å². The molecule has 0 saturated heterocycles. The van der Waals surface area contributed by atoms with Crippen molar-refractivity contribution < 1.29 is 28.1 Å². The molecule has 0 spiro atoms. The van der Waals surface area contributed by atoms with Gasteiger partial charge in [-0.15, -0.1) is 0 Å². The van der Waals surface area contributed by atoms with Gasteiger partial charge in [0, 0.05) is 87.6 Å². The molecular formula is C25H50N12O2V. The van der Waals surface area contributed by atoms with Crippen molar-refractivity contribution in [2.75, 3.05) is 93.7 Å². The van der Waals surface area contributed by atoms with Crippen LogP contribution in [0, 0.1) is 0 Å². The van der Waals surface area contributed by atoms with E-state index in [4.69, 9.17) is 4.74 Å². The first kappa shape index (κ1) is 39.2. The molecule has 2 N–H and O–H groups in total. The number of Topliss-reactive ketones (excluding diaryl/α,β-unsaturated/α-hetero) is 1. The van der Waals surface area contributed by atoms with Crippen molar-refractivity contribution in [3.05, 3.63) is 0 Å². The molecule has 0 saturated carbocycles. The molecule has 0 aliphatic carbocycles. The number of methoxy groups -OCH3 is 1. The molecule has 0 fully saturated rings. The van der Waals surface area contributed by atoms with Crippen LogP contribution in [0.4, 0.5) is 35.7 Å². The molecule has 227 valence electrons. The molecule has 0 bridgehead atoms. The number of nitrogens with one attached hydrogen (secondary N) is 2. The van der Waals surface area contributed by atoms with Gasteiger partial charge in [-0.25, -0.2) is 0 Å². The zero-order valence-corrected chi connectivity index (χ0v) is 28.6. The van der Waals surface area contributed by atoms with E-state index in [1.807, 2.05) is 75.7 Å². The Bertz CT molecular complexity index is 1020. The monoisotopic (exact) mass is 601 g/mol. The molecule has 2 rings (SSSR count). The Morgan fingerprint density at radius 2 is 0.975 bits per heavy atom. The minimum absolute atomic E-state index is 0. The number of carbonyl (C=O) groups excluding carboxylic acids is 1. The Hall–Kier alpha value is -2.97. The normalized spacial score (nSPS) is 10.5. The van der Waals surface area contributed by atoms with Gasteiger partial charge >= 0.3 is 0 Å². The third-order valence-corrected chi connectivity index (χ3v) is 5.38. The van der Waals surface area contributed by atoms with E-state index >= 15 is 0 Å². The number of hydrogen-bond acceptors (Lipinski definition) is 14. The SMILES string of the molecule is CC(C)=O.CNc1nc(NC)nc(N(C)C)n1.COC(C)(C)N(C)c1nc(N(C)C)nc(N(C)C(C)(C)C)n1.[V]. The van der Waals surface area contributed by atoms with Gasteiger partial charge in [-0.2, -0.15) is 29.9 Å². The van der Waals surface area contributed by atoms with Crippen LogP contribution in [0.25, 0.3) is 0 Å². The van der Waals surface area contributed by atoms with Gasteiger partial charge in [0.25, 0.3) is 0 Å². The second-order valence-electron chi connectivity index (χ2n) is 10.7. The number of carbonyl (C=O) groups is 1. The van der Waals surface area contributed by atoms with Crippen molar-refractivity contribution in [2.24, 2.45) is 0 Å². The topological polar surface area (TPSA) is 141 Å². The first-order valence-electron chi connectivity index (χ1n) is 12.5. The average molecular weight is 602 g/mol.